The van der Waals surface area contributed by atoms with Crippen molar-refractivity contribution >= 4 is 0 Å². The van der Waals surface area contributed by atoms with E-state index in [4.69, 9.17) is 0 Å². The van der Waals surface area contributed by atoms with Gasteiger partial charge in [-0.3, -0.25) is 0 Å². The Morgan fingerprint density at radius 1 is 0.909 bits per heavy atom. The number of phenols is 1. The van der Waals surface area contributed by atoms with Crippen molar-refractivity contribution in [3.8, 4) is 16.9 Å². The third kappa shape index (κ3) is 3.91. The first-order chi connectivity index (χ1) is 10.6. The summed E-state index contributed by atoms with van der Waals surface area (Å²) in [6.07, 6.45) is 6.19. The summed E-state index contributed by atoms with van der Waals surface area (Å²) in [4.78, 5) is 0. The van der Waals surface area contributed by atoms with Crippen LogP contribution >= 0.6 is 0 Å². The third-order valence-electron chi connectivity index (χ3n) is 4.25. The second kappa shape index (κ2) is 8.03. The number of benzene rings is 2. The molecule has 0 aliphatic heterocycles. The summed E-state index contributed by atoms with van der Waals surface area (Å²) in [7, 11) is 0. The van der Waals surface area contributed by atoms with E-state index < -0.39 is 0 Å². The standard InChI is InChI=1S/C21H28O/c1-4-5-6-8-13-18-14-15-19(22)21(20(18)16(2)3)17-11-9-7-10-12-17/h7,9-12,14-16,22H,4-6,8,13H2,1-3H3. The van der Waals surface area contributed by atoms with Gasteiger partial charge in [-0.25, -0.2) is 0 Å². The highest BCUT2D eigenvalue weighted by Gasteiger charge is 2.17. The number of aryl methyl sites for hydroxylation is 1. The molecule has 0 heterocycles. The number of hydrogen-bond donors (Lipinski definition) is 1. The Morgan fingerprint density at radius 2 is 1.64 bits per heavy atom. The maximum atomic E-state index is 10.4. The highest BCUT2D eigenvalue weighted by molar-refractivity contribution is 5.75. The zero-order chi connectivity index (χ0) is 15.9. The molecule has 2 aromatic rings. The van der Waals surface area contributed by atoms with Gasteiger partial charge in [-0.2, -0.15) is 0 Å². The highest BCUT2D eigenvalue weighted by atomic mass is 16.3. The van der Waals surface area contributed by atoms with Crippen LogP contribution in [-0.4, -0.2) is 5.11 Å². The minimum atomic E-state index is 0.396. The first kappa shape index (κ1) is 16.6. The van der Waals surface area contributed by atoms with Gasteiger partial charge in [0, 0.05) is 5.56 Å². The lowest BCUT2D eigenvalue weighted by Gasteiger charge is -2.19. The van der Waals surface area contributed by atoms with Crippen molar-refractivity contribution in [1.82, 2.24) is 0 Å². The molecule has 22 heavy (non-hydrogen) atoms. The van der Waals surface area contributed by atoms with Crippen molar-refractivity contribution < 1.29 is 5.11 Å². The van der Waals surface area contributed by atoms with Gasteiger partial charge in [-0.1, -0.05) is 76.4 Å². The number of hydrogen-bond acceptors (Lipinski definition) is 1. The van der Waals surface area contributed by atoms with Crippen molar-refractivity contribution in [3.63, 3.8) is 0 Å². The Morgan fingerprint density at radius 3 is 2.27 bits per heavy atom. The summed E-state index contributed by atoms with van der Waals surface area (Å²) in [5.74, 6) is 0.802. The Hall–Kier alpha value is -1.76. The fraction of sp³-hybridized carbons (Fsp3) is 0.429. The molecule has 2 rings (SSSR count). The van der Waals surface area contributed by atoms with Gasteiger partial charge in [0.2, 0.25) is 0 Å². The van der Waals surface area contributed by atoms with Crippen LogP contribution in [0.15, 0.2) is 42.5 Å². The molecule has 118 valence electrons. The number of aromatic hydroxyl groups is 1. The van der Waals surface area contributed by atoms with E-state index in [1.165, 1.54) is 36.8 Å². The van der Waals surface area contributed by atoms with Gasteiger partial charge in [0.25, 0.3) is 0 Å². The highest BCUT2D eigenvalue weighted by Crippen LogP contribution is 2.39. The third-order valence-corrected chi connectivity index (χ3v) is 4.25. The lowest BCUT2D eigenvalue weighted by atomic mass is 9.86. The Balaban J connectivity index is 2.39. The van der Waals surface area contributed by atoms with E-state index >= 15 is 0 Å². The van der Waals surface area contributed by atoms with Gasteiger partial charge in [0.1, 0.15) is 5.75 Å². The minimum absolute atomic E-state index is 0.396. The number of rotatable bonds is 7. The first-order valence-electron chi connectivity index (χ1n) is 8.55. The maximum Gasteiger partial charge on any atom is 0.123 e. The molecule has 2 aromatic carbocycles. The van der Waals surface area contributed by atoms with Gasteiger partial charge in [-0.05, 0) is 41.5 Å². The molecule has 0 fully saturated rings. The molecule has 1 nitrogen and oxygen atoms in total. The summed E-state index contributed by atoms with van der Waals surface area (Å²) in [5.41, 5.74) is 4.83. The van der Waals surface area contributed by atoms with Crippen molar-refractivity contribution in [3.05, 3.63) is 53.6 Å². The molecule has 1 heteroatoms. The summed E-state index contributed by atoms with van der Waals surface area (Å²) >= 11 is 0. The van der Waals surface area contributed by atoms with Crippen molar-refractivity contribution in [2.45, 2.75) is 58.8 Å². The van der Waals surface area contributed by atoms with E-state index in [-0.39, 0.29) is 0 Å². The molecule has 0 aliphatic rings. The van der Waals surface area contributed by atoms with Crippen LogP contribution in [0.5, 0.6) is 5.75 Å². The van der Waals surface area contributed by atoms with Crippen LogP contribution < -0.4 is 0 Å². The fourth-order valence-electron chi connectivity index (χ4n) is 3.18. The van der Waals surface area contributed by atoms with Crippen molar-refractivity contribution in [2.75, 3.05) is 0 Å². The topological polar surface area (TPSA) is 20.2 Å². The Kier molecular flexibility index (Phi) is 6.06. The van der Waals surface area contributed by atoms with Crippen LogP contribution in [0.4, 0.5) is 0 Å². The van der Waals surface area contributed by atoms with E-state index in [0.717, 1.165) is 17.5 Å². The van der Waals surface area contributed by atoms with Gasteiger partial charge < -0.3 is 5.11 Å². The van der Waals surface area contributed by atoms with E-state index in [2.05, 4.69) is 39.0 Å². The summed E-state index contributed by atoms with van der Waals surface area (Å²) in [6, 6.07) is 14.2. The van der Waals surface area contributed by atoms with E-state index in [1.54, 1.807) is 0 Å². The predicted octanol–water partition coefficient (Wildman–Crippen LogP) is 6.31. The summed E-state index contributed by atoms with van der Waals surface area (Å²) in [6.45, 7) is 6.68. The average Bonchev–Trinajstić information content (AvgIpc) is 2.53. The van der Waals surface area contributed by atoms with Crippen LogP contribution in [-0.2, 0) is 6.42 Å². The van der Waals surface area contributed by atoms with Crippen LogP contribution in [0.2, 0.25) is 0 Å². The van der Waals surface area contributed by atoms with E-state index in [0.29, 0.717) is 11.7 Å². The van der Waals surface area contributed by atoms with Crippen molar-refractivity contribution in [2.24, 2.45) is 0 Å². The molecule has 0 saturated heterocycles. The first-order valence-corrected chi connectivity index (χ1v) is 8.55. The molecule has 0 saturated carbocycles. The summed E-state index contributed by atoms with van der Waals surface area (Å²) < 4.78 is 0. The van der Waals surface area contributed by atoms with E-state index in [9.17, 15) is 5.11 Å². The zero-order valence-electron chi connectivity index (χ0n) is 14.1. The van der Waals surface area contributed by atoms with Gasteiger partial charge in [0.15, 0.2) is 0 Å². The van der Waals surface area contributed by atoms with Crippen LogP contribution in [0.3, 0.4) is 0 Å². The second-order valence-electron chi connectivity index (χ2n) is 6.36. The quantitative estimate of drug-likeness (QED) is 0.594. The molecule has 0 amide bonds. The molecule has 0 aromatic heterocycles. The van der Waals surface area contributed by atoms with Crippen molar-refractivity contribution in [1.29, 1.82) is 0 Å². The molecular weight excluding hydrogens is 268 g/mol. The molecule has 0 unspecified atom stereocenters. The van der Waals surface area contributed by atoms with Crippen LogP contribution in [0.25, 0.3) is 11.1 Å². The SMILES string of the molecule is CCCCCCc1ccc(O)c(-c2ccccc2)c1C(C)C. The molecule has 1 N–H and O–H groups in total. The number of phenolic OH excluding ortho intramolecular Hbond substituents is 1. The van der Waals surface area contributed by atoms with Gasteiger partial charge in [-0.15, -0.1) is 0 Å². The minimum Gasteiger partial charge on any atom is -0.507 e. The Bertz CT molecular complexity index is 584. The zero-order valence-corrected chi connectivity index (χ0v) is 14.1. The average molecular weight is 296 g/mol. The Labute approximate surface area is 135 Å². The normalized spacial score (nSPS) is 11.1. The lowest BCUT2D eigenvalue weighted by Crippen LogP contribution is -2.01. The molecular formula is C21H28O. The molecule has 0 bridgehead atoms. The second-order valence-corrected chi connectivity index (χ2v) is 6.36. The molecule has 0 aliphatic carbocycles. The summed E-state index contributed by atoms with van der Waals surface area (Å²) in [5, 5.41) is 10.4. The fourth-order valence-corrected chi connectivity index (χ4v) is 3.18. The van der Waals surface area contributed by atoms with Gasteiger partial charge >= 0.3 is 0 Å². The smallest absolute Gasteiger partial charge is 0.123 e. The lowest BCUT2D eigenvalue weighted by molar-refractivity contribution is 0.476. The van der Waals surface area contributed by atoms with Crippen LogP contribution in [0, 0.1) is 0 Å². The monoisotopic (exact) mass is 296 g/mol. The largest absolute Gasteiger partial charge is 0.507 e. The van der Waals surface area contributed by atoms with Gasteiger partial charge in [0.05, 0.1) is 0 Å². The maximum absolute atomic E-state index is 10.4. The van der Waals surface area contributed by atoms with Crippen LogP contribution in [0.1, 0.15) is 63.5 Å². The predicted molar refractivity (Wildman–Crippen MR) is 95.5 cm³/mol. The number of unbranched alkanes of at least 4 members (excludes halogenated alkanes) is 3. The molecule has 0 atom stereocenters. The molecule has 0 spiro atoms. The molecule has 0 radical (unpaired) electrons. The van der Waals surface area contributed by atoms with E-state index in [1.807, 2.05) is 24.3 Å².